The Morgan fingerprint density at radius 3 is 2.54 bits per heavy atom. The topological polar surface area (TPSA) is 74.3 Å². The number of aliphatic hydroxyl groups is 1. The normalized spacial score (nSPS) is 16.6. The van der Waals surface area contributed by atoms with Crippen LogP contribution in [0.25, 0.3) is 11.6 Å². The van der Waals surface area contributed by atoms with E-state index >= 15 is 0 Å². The van der Waals surface area contributed by atoms with Crippen molar-refractivity contribution >= 4 is 23.2 Å². The number of piperidine rings is 1. The SMILES string of the molecule is CCNCN1C(=O)/C(=C/c2cc(OC)ccc2OCCN2CCCCC2)c2ccccc21.CCO. The van der Waals surface area contributed by atoms with E-state index < -0.39 is 0 Å². The van der Waals surface area contributed by atoms with Gasteiger partial charge in [0.25, 0.3) is 5.91 Å². The molecule has 4 rings (SSSR count). The average molecular weight is 482 g/mol. The van der Waals surface area contributed by atoms with Crippen LogP contribution in [0.5, 0.6) is 11.5 Å². The van der Waals surface area contributed by atoms with Gasteiger partial charge in [-0.1, -0.05) is 31.5 Å². The standard InChI is InChI=1S/C26H33N3O3.C2H6O/c1-3-27-19-29-24-10-6-5-9-22(24)23(26(29)30)18-20-17-21(31-2)11-12-25(20)32-16-15-28-13-7-4-8-14-28;1-2-3/h5-6,9-12,17-18,27H,3-4,7-8,13-16,19H2,1-2H3;3H,2H2,1H3/b23-18+;. The van der Waals surface area contributed by atoms with Crippen LogP contribution >= 0.6 is 0 Å². The van der Waals surface area contributed by atoms with Crippen molar-refractivity contribution in [3.05, 3.63) is 53.6 Å². The van der Waals surface area contributed by atoms with E-state index in [1.54, 1.807) is 18.9 Å². The molecule has 7 heteroatoms. The molecule has 0 bridgehead atoms. The van der Waals surface area contributed by atoms with Gasteiger partial charge >= 0.3 is 0 Å². The van der Waals surface area contributed by atoms with Crippen molar-refractivity contribution in [2.75, 3.05) is 58.1 Å². The third-order valence-electron chi connectivity index (χ3n) is 6.11. The van der Waals surface area contributed by atoms with Gasteiger partial charge in [-0.2, -0.15) is 0 Å². The molecule has 1 fully saturated rings. The van der Waals surface area contributed by atoms with Crippen molar-refractivity contribution in [1.29, 1.82) is 0 Å². The molecule has 0 aromatic heterocycles. The third-order valence-corrected chi connectivity index (χ3v) is 6.11. The number of benzene rings is 2. The Morgan fingerprint density at radius 1 is 1.09 bits per heavy atom. The summed E-state index contributed by atoms with van der Waals surface area (Å²) in [5.74, 6) is 1.50. The highest BCUT2D eigenvalue weighted by Crippen LogP contribution is 2.38. The molecule has 0 spiro atoms. The average Bonchev–Trinajstić information content (AvgIpc) is 3.15. The van der Waals surface area contributed by atoms with E-state index in [-0.39, 0.29) is 12.5 Å². The maximum absolute atomic E-state index is 13.3. The molecule has 0 unspecified atom stereocenters. The number of amides is 1. The van der Waals surface area contributed by atoms with Gasteiger partial charge in [0, 0.05) is 29.9 Å². The molecule has 0 atom stereocenters. The van der Waals surface area contributed by atoms with Crippen LogP contribution in [-0.2, 0) is 4.79 Å². The first-order valence-electron chi connectivity index (χ1n) is 12.6. The number of nitrogens with one attached hydrogen (secondary N) is 1. The summed E-state index contributed by atoms with van der Waals surface area (Å²) >= 11 is 0. The van der Waals surface area contributed by atoms with E-state index in [4.69, 9.17) is 14.6 Å². The number of carbonyl (C=O) groups excluding carboxylic acids is 1. The van der Waals surface area contributed by atoms with E-state index in [1.165, 1.54) is 19.3 Å². The lowest BCUT2D eigenvalue weighted by atomic mass is 10.0. The summed E-state index contributed by atoms with van der Waals surface area (Å²) in [6.07, 6.45) is 5.80. The molecule has 0 aliphatic carbocycles. The summed E-state index contributed by atoms with van der Waals surface area (Å²) in [4.78, 5) is 17.6. The highest BCUT2D eigenvalue weighted by molar-refractivity contribution is 6.35. The summed E-state index contributed by atoms with van der Waals surface area (Å²) < 4.78 is 11.6. The van der Waals surface area contributed by atoms with Gasteiger partial charge in [0.2, 0.25) is 0 Å². The predicted octanol–water partition coefficient (Wildman–Crippen LogP) is 4.01. The molecule has 35 heavy (non-hydrogen) atoms. The predicted molar refractivity (Wildman–Crippen MR) is 142 cm³/mol. The molecule has 0 radical (unpaired) electrons. The number of aliphatic hydroxyl groups excluding tert-OH is 1. The van der Waals surface area contributed by atoms with Crippen LogP contribution in [0.2, 0.25) is 0 Å². The van der Waals surface area contributed by atoms with E-state index in [0.29, 0.717) is 18.8 Å². The molecule has 0 saturated carbocycles. The number of hydrogen-bond acceptors (Lipinski definition) is 6. The van der Waals surface area contributed by atoms with Gasteiger partial charge in [-0.25, -0.2) is 0 Å². The van der Waals surface area contributed by atoms with Gasteiger partial charge in [0.1, 0.15) is 18.1 Å². The van der Waals surface area contributed by atoms with Crippen LogP contribution < -0.4 is 19.7 Å². The number of methoxy groups -OCH3 is 1. The van der Waals surface area contributed by atoms with Crippen molar-refractivity contribution in [2.24, 2.45) is 0 Å². The van der Waals surface area contributed by atoms with Crippen LogP contribution in [-0.4, -0.2) is 69.1 Å². The molecular weight excluding hydrogens is 442 g/mol. The number of rotatable bonds is 9. The summed E-state index contributed by atoms with van der Waals surface area (Å²) in [5.41, 5.74) is 3.40. The largest absolute Gasteiger partial charge is 0.497 e. The van der Waals surface area contributed by atoms with Crippen molar-refractivity contribution in [3.63, 3.8) is 0 Å². The van der Waals surface area contributed by atoms with Crippen LogP contribution in [0.3, 0.4) is 0 Å². The molecular formula is C28H39N3O4. The molecule has 2 aromatic carbocycles. The summed E-state index contributed by atoms with van der Waals surface area (Å²) in [6, 6.07) is 13.7. The van der Waals surface area contributed by atoms with E-state index in [1.807, 2.05) is 55.5 Å². The number of nitrogens with zero attached hydrogens (tertiary/aromatic N) is 2. The van der Waals surface area contributed by atoms with Crippen LogP contribution in [0.1, 0.15) is 44.2 Å². The molecule has 190 valence electrons. The Hall–Kier alpha value is -2.87. The van der Waals surface area contributed by atoms with Gasteiger partial charge < -0.3 is 14.6 Å². The van der Waals surface area contributed by atoms with Crippen LogP contribution in [0, 0.1) is 0 Å². The number of hydrogen-bond donors (Lipinski definition) is 2. The van der Waals surface area contributed by atoms with Gasteiger partial charge in [-0.05, 0) is 69.7 Å². The van der Waals surface area contributed by atoms with Crippen molar-refractivity contribution in [3.8, 4) is 11.5 Å². The van der Waals surface area contributed by atoms with Crippen molar-refractivity contribution in [1.82, 2.24) is 10.2 Å². The molecule has 2 aliphatic heterocycles. The third kappa shape index (κ3) is 7.07. The smallest absolute Gasteiger partial charge is 0.260 e. The first kappa shape index (κ1) is 26.7. The number of anilines is 1. The zero-order valence-corrected chi connectivity index (χ0v) is 21.3. The van der Waals surface area contributed by atoms with Gasteiger partial charge in [0.05, 0.1) is 19.5 Å². The number of fused-ring (bicyclic) bond motifs is 1. The molecule has 2 aromatic rings. The van der Waals surface area contributed by atoms with Gasteiger partial charge in [-0.15, -0.1) is 0 Å². The maximum Gasteiger partial charge on any atom is 0.260 e. The van der Waals surface area contributed by atoms with Crippen molar-refractivity contribution < 1.29 is 19.4 Å². The zero-order valence-electron chi connectivity index (χ0n) is 21.3. The highest BCUT2D eigenvalue weighted by atomic mass is 16.5. The molecule has 1 amide bonds. The Bertz CT molecular complexity index is 986. The Morgan fingerprint density at radius 2 is 1.83 bits per heavy atom. The number of carbonyl (C=O) groups is 1. The number of para-hydroxylation sites is 1. The summed E-state index contributed by atoms with van der Waals surface area (Å²) in [7, 11) is 1.65. The van der Waals surface area contributed by atoms with E-state index in [0.717, 1.165) is 54.5 Å². The van der Waals surface area contributed by atoms with E-state index in [2.05, 4.69) is 10.2 Å². The fourth-order valence-electron chi connectivity index (χ4n) is 4.35. The molecule has 2 heterocycles. The number of likely N-dealkylation sites (tertiary alicyclic amines) is 1. The Labute approximate surface area is 209 Å². The Balaban J connectivity index is 0.00000108. The summed E-state index contributed by atoms with van der Waals surface area (Å²) in [6.45, 7) is 9.09. The fraction of sp³-hybridized carbons (Fsp3) is 0.464. The first-order valence-corrected chi connectivity index (χ1v) is 12.6. The lowest BCUT2D eigenvalue weighted by Crippen LogP contribution is -2.36. The molecule has 2 aliphatic rings. The first-order chi connectivity index (χ1) is 17.1. The zero-order chi connectivity index (χ0) is 25.0. The molecule has 7 nitrogen and oxygen atoms in total. The van der Waals surface area contributed by atoms with Gasteiger partial charge in [0.15, 0.2) is 0 Å². The number of ether oxygens (including phenoxy) is 2. The highest BCUT2D eigenvalue weighted by Gasteiger charge is 2.31. The summed E-state index contributed by atoms with van der Waals surface area (Å²) in [5, 5.41) is 10.8. The minimum absolute atomic E-state index is 0.00534. The second kappa shape index (κ2) is 13.9. The minimum atomic E-state index is -0.00534. The fourth-order valence-corrected chi connectivity index (χ4v) is 4.35. The molecule has 2 N–H and O–H groups in total. The second-order valence-electron chi connectivity index (χ2n) is 8.54. The van der Waals surface area contributed by atoms with E-state index in [9.17, 15) is 4.79 Å². The monoisotopic (exact) mass is 481 g/mol. The lowest BCUT2D eigenvalue weighted by molar-refractivity contribution is -0.113. The minimum Gasteiger partial charge on any atom is -0.497 e. The quantitative estimate of drug-likeness (QED) is 0.527. The van der Waals surface area contributed by atoms with Crippen LogP contribution in [0.4, 0.5) is 5.69 Å². The molecule has 1 saturated heterocycles. The Kier molecular flexibility index (Phi) is 10.6. The lowest BCUT2D eigenvalue weighted by Gasteiger charge is -2.26. The maximum atomic E-state index is 13.3. The van der Waals surface area contributed by atoms with Crippen molar-refractivity contribution in [2.45, 2.75) is 33.1 Å². The van der Waals surface area contributed by atoms with Crippen LogP contribution in [0.15, 0.2) is 42.5 Å². The second-order valence-corrected chi connectivity index (χ2v) is 8.54. The van der Waals surface area contributed by atoms with Gasteiger partial charge in [-0.3, -0.25) is 19.9 Å².